The Morgan fingerprint density at radius 3 is 2.24 bits per heavy atom. The van der Waals surface area contributed by atoms with E-state index >= 15 is 0 Å². The highest BCUT2D eigenvalue weighted by atomic mass is 32.2. The number of nitrogens with zero attached hydrogens (tertiary/aromatic N) is 4. The lowest BCUT2D eigenvalue weighted by Crippen LogP contribution is -2.64. The lowest BCUT2D eigenvalue weighted by atomic mass is 9.66. The number of likely N-dealkylation sites (tertiary alicyclic amines) is 1. The van der Waals surface area contributed by atoms with Crippen LogP contribution in [0, 0.1) is 10.2 Å². The van der Waals surface area contributed by atoms with Gasteiger partial charge in [0, 0.05) is 62.2 Å². The van der Waals surface area contributed by atoms with E-state index in [1.165, 1.54) is 28.0 Å². The maximum absolute atomic E-state index is 14.2. The van der Waals surface area contributed by atoms with Gasteiger partial charge < -0.3 is 29.5 Å². The van der Waals surface area contributed by atoms with Gasteiger partial charge in [0.25, 0.3) is 5.56 Å². The van der Waals surface area contributed by atoms with Gasteiger partial charge in [0.05, 0.1) is 32.8 Å². The number of nitrogens with one attached hydrogen (secondary N) is 1. The molecule has 3 aliphatic rings. The van der Waals surface area contributed by atoms with E-state index in [4.69, 9.17) is 4.78 Å². The van der Waals surface area contributed by atoms with Crippen molar-refractivity contribution in [2.75, 3.05) is 39.0 Å². The van der Waals surface area contributed by atoms with Gasteiger partial charge in [-0.15, -0.1) is 0 Å². The predicted octanol–water partition coefficient (Wildman–Crippen LogP) is 4.70. The van der Waals surface area contributed by atoms with Gasteiger partial charge in [0.15, 0.2) is 0 Å². The van der Waals surface area contributed by atoms with E-state index in [9.17, 15) is 28.8 Å². The Balaban J connectivity index is 1.29. The average molecular weight is 648 g/mol. The maximum Gasteiger partial charge on any atom is 0.407 e. The molecule has 1 aromatic heterocycles. The molecule has 2 unspecified atom stereocenters. The second-order valence-corrected chi connectivity index (χ2v) is 15.2. The molecule has 1 aliphatic carbocycles. The molecule has 0 radical (unpaired) electrons. The Hall–Kier alpha value is -4.16. The minimum absolute atomic E-state index is 0.0324. The van der Waals surface area contributed by atoms with Crippen LogP contribution in [0.1, 0.15) is 43.7 Å². The van der Waals surface area contributed by atoms with E-state index in [-0.39, 0.29) is 55.6 Å². The van der Waals surface area contributed by atoms with E-state index in [0.717, 1.165) is 18.4 Å². The van der Waals surface area contributed by atoms with Crippen LogP contribution < -0.4 is 5.56 Å². The lowest BCUT2D eigenvalue weighted by molar-refractivity contribution is -0.137. The number of piperazine rings is 1. The highest BCUT2D eigenvalue weighted by molar-refractivity contribution is 7.91. The van der Waals surface area contributed by atoms with Gasteiger partial charge in [0.1, 0.15) is 0 Å². The summed E-state index contributed by atoms with van der Waals surface area (Å²) in [5.41, 5.74) is -0.316. The smallest absolute Gasteiger partial charge is 0.407 e. The van der Waals surface area contributed by atoms with Crippen molar-refractivity contribution in [2.24, 2.45) is 5.41 Å². The van der Waals surface area contributed by atoms with Gasteiger partial charge in [-0.05, 0) is 30.4 Å². The number of aliphatic hydroxyl groups is 1. The summed E-state index contributed by atoms with van der Waals surface area (Å²) in [5, 5.41) is 22.1. The molecule has 1 spiro atoms. The van der Waals surface area contributed by atoms with Gasteiger partial charge >= 0.3 is 12.1 Å². The van der Waals surface area contributed by atoms with Crippen LogP contribution in [0.25, 0.3) is 11.1 Å². The van der Waals surface area contributed by atoms with Crippen LogP contribution in [0.15, 0.2) is 82.6 Å². The first-order valence-electron chi connectivity index (χ1n) is 15.8. The topological polar surface area (TPSA) is 147 Å². The standard InChI is InChI=1S/C34H41N5O6S/c1-46(35,45)29-22-38(30(40)20-27(29)25-10-4-2-5-11-25)24-34(44)16-17-37(23-33(34)14-8-9-15-33)31(41)39-19-18-36(32(42)43)21-28(39)26-12-6-3-7-13-26/h2-7,10-13,20,22,28,35,44H,8-9,14-19,21,23-24H2,1H3,(H,42,43)/t28-,34?,46?/m0/s1. The zero-order valence-corrected chi connectivity index (χ0v) is 26.8. The van der Waals surface area contributed by atoms with Gasteiger partial charge in [-0.2, -0.15) is 0 Å². The molecule has 3 aromatic rings. The van der Waals surface area contributed by atoms with E-state index in [1.807, 2.05) is 60.7 Å². The van der Waals surface area contributed by atoms with Crippen molar-refractivity contribution in [3.8, 4) is 11.1 Å². The minimum Gasteiger partial charge on any atom is -0.465 e. The lowest BCUT2D eigenvalue weighted by Gasteiger charge is -2.53. The third-order valence-corrected chi connectivity index (χ3v) is 11.4. The fraction of sp³-hybridized carbons (Fsp3) is 0.441. The third kappa shape index (κ3) is 5.91. The summed E-state index contributed by atoms with van der Waals surface area (Å²) in [7, 11) is -3.22. The summed E-state index contributed by atoms with van der Waals surface area (Å²) in [6, 6.07) is 19.4. The first kappa shape index (κ1) is 31.8. The molecular formula is C34H41N5O6S. The number of benzene rings is 2. The van der Waals surface area contributed by atoms with Crippen molar-refractivity contribution in [3.05, 3.63) is 88.8 Å². The number of aromatic nitrogens is 1. The summed E-state index contributed by atoms with van der Waals surface area (Å²) in [4.78, 5) is 44.7. The number of hydrogen-bond acceptors (Lipinski definition) is 6. The fourth-order valence-corrected chi connectivity index (χ4v) is 8.63. The molecule has 12 heteroatoms. The Labute approximate surface area is 269 Å². The van der Waals surface area contributed by atoms with Crippen LogP contribution in [-0.4, -0.2) is 90.4 Å². The molecule has 244 valence electrons. The van der Waals surface area contributed by atoms with E-state index in [0.29, 0.717) is 30.5 Å². The molecule has 2 aliphatic heterocycles. The van der Waals surface area contributed by atoms with E-state index in [1.54, 1.807) is 9.80 Å². The molecule has 3 N–H and O–H groups in total. The number of carboxylic acid groups (broad SMARTS) is 1. The molecule has 6 rings (SSSR count). The van der Waals surface area contributed by atoms with Crippen LogP contribution in [0.4, 0.5) is 9.59 Å². The second kappa shape index (κ2) is 12.2. The number of amides is 3. The van der Waals surface area contributed by atoms with Gasteiger partial charge in [-0.1, -0.05) is 73.5 Å². The summed E-state index contributed by atoms with van der Waals surface area (Å²) < 4.78 is 22.9. The number of hydrogen-bond donors (Lipinski definition) is 3. The summed E-state index contributed by atoms with van der Waals surface area (Å²) >= 11 is 0. The van der Waals surface area contributed by atoms with Crippen molar-refractivity contribution in [2.45, 2.75) is 55.2 Å². The van der Waals surface area contributed by atoms with Crippen molar-refractivity contribution in [1.82, 2.24) is 19.3 Å². The Morgan fingerprint density at radius 1 is 0.957 bits per heavy atom. The van der Waals surface area contributed by atoms with E-state index in [2.05, 4.69) is 0 Å². The Kier molecular flexibility index (Phi) is 8.45. The number of carbonyl (C=O) groups is 2. The minimum atomic E-state index is -3.22. The first-order chi connectivity index (χ1) is 21.9. The molecule has 11 nitrogen and oxygen atoms in total. The van der Waals surface area contributed by atoms with Crippen molar-refractivity contribution < 1.29 is 24.0 Å². The normalized spacial score (nSPS) is 24.1. The summed E-state index contributed by atoms with van der Waals surface area (Å²) in [5.74, 6) is 0. The molecule has 2 saturated heterocycles. The maximum atomic E-state index is 14.2. The Bertz CT molecular complexity index is 1770. The van der Waals surface area contributed by atoms with Gasteiger partial charge in [-0.3, -0.25) is 4.79 Å². The molecule has 3 atom stereocenters. The van der Waals surface area contributed by atoms with Crippen LogP contribution in [0.3, 0.4) is 0 Å². The van der Waals surface area contributed by atoms with Crippen LogP contribution in [0.5, 0.6) is 0 Å². The highest BCUT2D eigenvalue weighted by Gasteiger charge is 2.56. The molecule has 3 heterocycles. The molecule has 3 amide bonds. The van der Waals surface area contributed by atoms with Crippen LogP contribution >= 0.6 is 0 Å². The van der Waals surface area contributed by atoms with E-state index < -0.39 is 32.9 Å². The summed E-state index contributed by atoms with van der Waals surface area (Å²) in [6.07, 6.45) is 5.19. The largest absolute Gasteiger partial charge is 0.465 e. The van der Waals surface area contributed by atoms with Gasteiger partial charge in [0.2, 0.25) is 0 Å². The molecule has 46 heavy (non-hydrogen) atoms. The third-order valence-electron chi connectivity index (χ3n) is 10.2. The predicted molar refractivity (Wildman–Crippen MR) is 174 cm³/mol. The number of piperidine rings is 1. The first-order valence-corrected chi connectivity index (χ1v) is 17.7. The molecule has 3 fully saturated rings. The molecular weight excluding hydrogens is 606 g/mol. The average Bonchev–Trinajstić information content (AvgIpc) is 3.53. The van der Waals surface area contributed by atoms with Crippen molar-refractivity contribution in [1.29, 1.82) is 4.78 Å². The molecule has 2 aromatic carbocycles. The summed E-state index contributed by atoms with van der Waals surface area (Å²) in [6.45, 7) is 1.20. The molecule has 0 bridgehead atoms. The van der Waals surface area contributed by atoms with Crippen molar-refractivity contribution in [3.63, 3.8) is 0 Å². The molecule has 1 saturated carbocycles. The number of urea groups is 1. The number of pyridine rings is 1. The van der Waals surface area contributed by atoms with Crippen LogP contribution in [-0.2, 0) is 16.3 Å². The van der Waals surface area contributed by atoms with Gasteiger partial charge in [-0.25, -0.2) is 18.6 Å². The van der Waals surface area contributed by atoms with Crippen molar-refractivity contribution >= 4 is 21.9 Å². The zero-order chi connectivity index (χ0) is 32.7. The monoisotopic (exact) mass is 647 g/mol. The number of rotatable bonds is 5. The quantitative estimate of drug-likeness (QED) is 0.366. The fourth-order valence-electron chi connectivity index (χ4n) is 7.70. The number of carbonyl (C=O) groups excluding carboxylic acids is 1. The Morgan fingerprint density at radius 2 is 1.61 bits per heavy atom. The zero-order valence-electron chi connectivity index (χ0n) is 26.0. The second-order valence-electron chi connectivity index (χ2n) is 13.0. The SMILES string of the molecule is CS(=N)(=O)c1cn(CC2(O)CCN(C(=O)N3CCN(C(=O)O)C[C@H]3c3ccccc3)CC23CCCC3)c(=O)cc1-c1ccccc1. The highest BCUT2D eigenvalue weighted by Crippen LogP contribution is 2.52. The van der Waals surface area contributed by atoms with Crippen LogP contribution in [0.2, 0.25) is 0 Å².